The van der Waals surface area contributed by atoms with E-state index in [0.29, 0.717) is 22.8 Å². The zero-order valence-electron chi connectivity index (χ0n) is 13.2. The van der Waals surface area contributed by atoms with Crippen LogP contribution in [-0.2, 0) is 11.3 Å². The van der Waals surface area contributed by atoms with Crippen LogP contribution in [0.3, 0.4) is 0 Å². The quantitative estimate of drug-likeness (QED) is 0.797. The molecule has 0 saturated carbocycles. The van der Waals surface area contributed by atoms with E-state index in [1.807, 2.05) is 31.3 Å². The smallest absolute Gasteiger partial charge is 0.279 e. The lowest BCUT2D eigenvalue weighted by atomic mass is 10.1. The monoisotopic (exact) mass is 331 g/mol. The van der Waals surface area contributed by atoms with Crippen LogP contribution in [0.25, 0.3) is 0 Å². The van der Waals surface area contributed by atoms with Gasteiger partial charge in [0, 0.05) is 21.8 Å². The number of benzene rings is 2. The predicted octanol–water partition coefficient (Wildman–Crippen LogP) is 2.20. The minimum atomic E-state index is -0.0860. The van der Waals surface area contributed by atoms with E-state index < -0.39 is 0 Å². The Balaban J connectivity index is 1.90. The summed E-state index contributed by atoms with van der Waals surface area (Å²) >= 11 is 5.86. The molecule has 1 amide bonds. The van der Waals surface area contributed by atoms with E-state index in [4.69, 9.17) is 11.6 Å². The molecule has 120 valence electrons. The summed E-state index contributed by atoms with van der Waals surface area (Å²) in [6.45, 7) is 2.58. The first kappa shape index (κ1) is 17.2. The second-order valence-electron chi connectivity index (χ2n) is 5.62. The highest BCUT2D eigenvalue weighted by atomic mass is 35.5. The Morgan fingerprint density at radius 1 is 1.13 bits per heavy atom. The maximum absolute atomic E-state index is 12.1. The topological polar surface area (TPSA) is 50.6 Å². The highest BCUT2D eigenvalue weighted by molar-refractivity contribution is 6.30. The Morgan fingerprint density at radius 3 is 2.48 bits per heavy atom. The Hall–Kier alpha value is -2.17. The number of carbonyl (C=O) groups is 2. The summed E-state index contributed by atoms with van der Waals surface area (Å²) in [6.07, 6.45) is 0. The fraction of sp³-hybridized carbons (Fsp3) is 0.222. The van der Waals surface area contributed by atoms with Crippen LogP contribution < -0.4 is 10.2 Å². The van der Waals surface area contributed by atoms with Crippen molar-refractivity contribution in [3.63, 3.8) is 0 Å². The van der Waals surface area contributed by atoms with Gasteiger partial charge < -0.3 is 10.2 Å². The molecule has 2 rings (SSSR count). The number of amides is 1. The normalized spacial score (nSPS) is 11.8. The largest absolute Gasteiger partial charge is 0.326 e. The minimum Gasteiger partial charge on any atom is -0.326 e. The Morgan fingerprint density at radius 2 is 1.83 bits per heavy atom. The molecule has 23 heavy (non-hydrogen) atoms. The number of carbonyl (C=O) groups excluding carboxylic acids is 2. The van der Waals surface area contributed by atoms with Crippen LogP contribution in [0, 0.1) is 0 Å². The van der Waals surface area contributed by atoms with Crippen LogP contribution in [0.2, 0.25) is 5.02 Å². The molecule has 0 aliphatic heterocycles. The number of halogens is 1. The molecule has 0 radical (unpaired) electrons. The number of anilines is 1. The number of Topliss-reactive ketones (excluding diaryl/α,β-unsaturated/α-hetero) is 1. The number of rotatable bonds is 6. The molecule has 1 unspecified atom stereocenters. The van der Waals surface area contributed by atoms with E-state index in [2.05, 4.69) is 5.32 Å². The van der Waals surface area contributed by atoms with Crippen molar-refractivity contribution in [2.45, 2.75) is 13.5 Å². The molecule has 0 saturated heterocycles. The SMILES string of the molecule is CC(=O)c1cccc(NC(=O)C[NH+](C)Cc2ccc(Cl)cc2)c1. The molecule has 2 aromatic rings. The Bertz CT molecular complexity index is 698. The lowest BCUT2D eigenvalue weighted by molar-refractivity contribution is -0.885. The third-order valence-corrected chi connectivity index (χ3v) is 3.69. The summed E-state index contributed by atoms with van der Waals surface area (Å²) in [4.78, 5) is 24.5. The van der Waals surface area contributed by atoms with Crippen molar-refractivity contribution in [1.82, 2.24) is 0 Å². The van der Waals surface area contributed by atoms with Crippen molar-refractivity contribution in [3.8, 4) is 0 Å². The maximum Gasteiger partial charge on any atom is 0.279 e. The third-order valence-electron chi connectivity index (χ3n) is 3.43. The summed E-state index contributed by atoms with van der Waals surface area (Å²) in [5, 5.41) is 3.53. The van der Waals surface area contributed by atoms with Gasteiger partial charge in [-0.3, -0.25) is 9.59 Å². The number of likely N-dealkylation sites (N-methyl/N-ethyl adjacent to an activating group) is 1. The van der Waals surface area contributed by atoms with Crippen LogP contribution in [0.1, 0.15) is 22.8 Å². The zero-order valence-corrected chi connectivity index (χ0v) is 14.0. The Labute approximate surface area is 141 Å². The van der Waals surface area contributed by atoms with E-state index in [1.54, 1.807) is 24.3 Å². The highest BCUT2D eigenvalue weighted by Gasteiger charge is 2.11. The molecule has 0 aliphatic rings. The first-order valence-corrected chi connectivity index (χ1v) is 7.78. The molecule has 0 fully saturated rings. The van der Waals surface area contributed by atoms with Crippen molar-refractivity contribution in [3.05, 3.63) is 64.7 Å². The molecule has 0 aliphatic carbocycles. The maximum atomic E-state index is 12.1. The molecule has 5 heteroatoms. The van der Waals surface area contributed by atoms with Crippen LogP contribution in [0.5, 0.6) is 0 Å². The molecule has 0 aromatic heterocycles. The van der Waals surface area contributed by atoms with Gasteiger partial charge in [-0.1, -0.05) is 35.9 Å². The van der Waals surface area contributed by atoms with Crippen molar-refractivity contribution < 1.29 is 14.5 Å². The van der Waals surface area contributed by atoms with Crippen LogP contribution >= 0.6 is 11.6 Å². The van der Waals surface area contributed by atoms with Gasteiger partial charge >= 0.3 is 0 Å². The lowest BCUT2D eigenvalue weighted by Gasteiger charge is -2.14. The predicted molar refractivity (Wildman–Crippen MR) is 92.0 cm³/mol. The highest BCUT2D eigenvalue weighted by Crippen LogP contribution is 2.11. The molecule has 0 spiro atoms. The van der Waals surface area contributed by atoms with Crippen molar-refractivity contribution in [2.24, 2.45) is 0 Å². The summed E-state index contributed by atoms with van der Waals surface area (Å²) in [7, 11) is 1.96. The molecule has 2 N–H and O–H groups in total. The van der Waals surface area contributed by atoms with Gasteiger partial charge in [0.05, 0.1) is 7.05 Å². The average molecular weight is 332 g/mol. The van der Waals surface area contributed by atoms with Gasteiger partial charge in [0.2, 0.25) is 0 Å². The van der Waals surface area contributed by atoms with E-state index in [-0.39, 0.29) is 11.7 Å². The van der Waals surface area contributed by atoms with Crippen LogP contribution in [-0.4, -0.2) is 25.3 Å². The number of quaternary nitrogens is 1. The first-order valence-electron chi connectivity index (χ1n) is 7.40. The second kappa shape index (κ2) is 7.90. The molecular formula is C18H20ClN2O2+. The molecule has 1 atom stereocenters. The first-order chi connectivity index (χ1) is 10.9. The van der Waals surface area contributed by atoms with Gasteiger partial charge in [0.1, 0.15) is 6.54 Å². The number of ketones is 1. The third kappa shape index (κ3) is 5.51. The fourth-order valence-corrected chi connectivity index (χ4v) is 2.43. The van der Waals surface area contributed by atoms with Crippen LogP contribution in [0.15, 0.2) is 48.5 Å². The van der Waals surface area contributed by atoms with Gasteiger partial charge in [-0.25, -0.2) is 0 Å². The summed E-state index contributed by atoms with van der Waals surface area (Å²) in [5.41, 5.74) is 2.35. The standard InChI is InChI=1S/C18H19ClN2O2/c1-13(22)15-4-3-5-17(10-15)20-18(23)12-21(2)11-14-6-8-16(19)9-7-14/h3-10H,11-12H2,1-2H3,(H,20,23)/p+1. The molecule has 0 bridgehead atoms. The molecular weight excluding hydrogens is 312 g/mol. The summed E-state index contributed by atoms with van der Waals surface area (Å²) in [6, 6.07) is 14.6. The van der Waals surface area contributed by atoms with E-state index >= 15 is 0 Å². The number of hydrogen-bond acceptors (Lipinski definition) is 2. The average Bonchev–Trinajstić information content (AvgIpc) is 2.49. The van der Waals surface area contributed by atoms with Crippen LogP contribution in [0.4, 0.5) is 5.69 Å². The van der Waals surface area contributed by atoms with Crippen molar-refractivity contribution >= 4 is 29.0 Å². The molecule has 4 nitrogen and oxygen atoms in total. The number of nitrogens with one attached hydrogen (secondary N) is 2. The second-order valence-corrected chi connectivity index (χ2v) is 6.06. The Kier molecular flexibility index (Phi) is 5.90. The van der Waals surface area contributed by atoms with Gasteiger partial charge in [-0.15, -0.1) is 0 Å². The molecule has 0 heterocycles. The van der Waals surface area contributed by atoms with Gasteiger partial charge in [-0.05, 0) is 31.2 Å². The summed E-state index contributed by atoms with van der Waals surface area (Å²) in [5.74, 6) is -0.108. The fourth-order valence-electron chi connectivity index (χ4n) is 2.31. The van der Waals surface area contributed by atoms with Gasteiger partial charge in [0.15, 0.2) is 12.3 Å². The lowest BCUT2D eigenvalue weighted by Crippen LogP contribution is -3.08. The van der Waals surface area contributed by atoms with E-state index in [0.717, 1.165) is 17.0 Å². The molecule has 2 aromatic carbocycles. The van der Waals surface area contributed by atoms with Crippen molar-refractivity contribution in [2.75, 3.05) is 18.9 Å². The van der Waals surface area contributed by atoms with Gasteiger partial charge in [-0.2, -0.15) is 0 Å². The van der Waals surface area contributed by atoms with E-state index in [9.17, 15) is 9.59 Å². The van der Waals surface area contributed by atoms with Crippen molar-refractivity contribution in [1.29, 1.82) is 0 Å². The van der Waals surface area contributed by atoms with Gasteiger partial charge in [0.25, 0.3) is 5.91 Å². The van der Waals surface area contributed by atoms with E-state index in [1.165, 1.54) is 6.92 Å². The minimum absolute atomic E-state index is 0.0217. The summed E-state index contributed by atoms with van der Waals surface area (Å²) < 4.78 is 0. The number of hydrogen-bond donors (Lipinski definition) is 2. The zero-order chi connectivity index (χ0) is 16.8.